The van der Waals surface area contributed by atoms with E-state index in [0.29, 0.717) is 16.9 Å². The van der Waals surface area contributed by atoms with Crippen molar-refractivity contribution in [2.24, 2.45) is 0 Å². The lowest BCUT2D eigenvalue weighted by molar-refractivity contribution is -0.137. The number of nitrogens with zero attached hydrogens (tertiary/aromatic N) is 1. The second kappa shape index (κ2) is 8.06. The van der Waals surface area contributed by atoms with Crippen LogP contribution >= 0.6 is 0 Å². The number of hydrogen-bond acceptors (Lipinski definition) is 5. The number of rotatable bonds is 6. The van der Waals surface area contributed by atoms with Gasteiger partial charge in [-0.3, -0.25) is 19.3 Å². The van der Waals surface area contributed by atoms with E-state index in [1.807, 2.05) is 32.0 Å². The van der Waals surface area contributed by atoms with Crippen molar-refractivity contribution in [1.29, 1.82) is 0 Å². The molecule has 7 nitrogen and oxygen atoms in total. The van der Waals surface area contributed by atoms with Crippen LogP contribution in [0.2, 0.25) is 0 Å². The first kappa shape index (κ1) is 19.3. The van der Waals surface area contributed by atoms with Gasteiger partial charge in [0.05, 0.1) is 13.2 Å². The van der Waals surface area contributed by atoms with E-state index < -0.39 is 11.8 Å². The summed E-state index contributed by atoms with van der Waals surface area (Å²) in [5.41, 5.74) is 3.94. The molecule has 0 aromatic heterocycles. The minimum Gasteiger partial charge on any atom is -0.395 e. The topological polar surface area (TPSA) is 98.7 Å². The standard InChI is InChI=1S/C21H21N3O4/c1-13-6-7-17(10-14(13)2)23-20(27)15-4-3-5-16(11-15)22-18-12-19(26)24(8-9-25)21(18)28/h3-7,10-12,22,25H,8-9H2,1-2H3,(H,23,27). The molecular formula is C21H21N3O4. The Morgan fingerprint density at radius 1 is 1.04 bits per heavy atom. The van der Waals surface area contributed by atoms with Gasteiger partial charge < -0.3 is 15.7 Å². The number of aliphatic hydroxyl groups excluding tert-OH is 1. The summed E-state index contributed by atoms with van der Waals surface area (Å²) in [7, 11) is 0. The summed E-state index contributed by atoms with van der Waals surface area (Å²) >= 11 is 0. The molecule has 28 heavy (non-hydrogen) atoms. The van der Waals surface area contributed by atoms with Crippen LogP contribution in [-0.4, -0.2) is 40.9 Å². The van der Waals surface area contributed by atoms with Crippen LogP contribution in [0.3, 0.4) is 0 Å². The van der Waals surface area contributed by atoms with Gasteiger partial charge in [-0.25, -0.2) is 0 Å². The number of aryl methyl sites for hydroxylation is 2. The molecule has 1 aliphatic rings. The van der Waals surface area contributed by atoms with Crippen molar-refractivity contribution in [2.75, 3.05) is 23.8 Å². The zero-order valence-electron chi connectivity index (χ0n) is 15.7. The van der Waals surface area contributed by atoms with Gasteiger partial charge in [0.2, 0.25) is 0 Å². The molecule has 0 atom stereocenters. The Balaban J connectivity index is 1.72. The molecule has 0 radical (unpaired) electrons. The molecule has 2 aromatic carbocycles. The van der Waals surface area contributed by atoms with Crippen molar-refractivity contribution in [2.45, 2.75) is 13.8 Å². The molecule has 0 spiro atoms. The highest BCUT2D eigenvalue weighted by molar-refractivity contribution is 6.17. The van der Waals surface area contributed by atoms with Crippen LogP contribution in [0.5, 0.6) is 0 Å². The Morgan fingerprint density at radius 2 is 1.82 bits per heavy atom. The van der Waals surface area contributed by atoms with Gasteiger partial charge in [-0.1, -0.05) is 12.1 Å². The van der Waals surface area contributed by atoms with E-state index in [0.717, 1.165) is 16.0 Å². The summed E-state index contributed by atoms with van der Waals surface area (Å²) in [4.78, 5) is 37.5. The van der Waals surface area contributed by atoms with E-state index in [1.54, 1.807) is 24.3 Å². The first-order chi connectivity index (χ1) is 13.4. The highest BCUT2D eigenvalue weighted by Gasteiger charge is 2.30. The van der Waals surface area contributed by atoms with Gasteiger partial charge >= 0.3 is 0 Å². The number of β-amino-alcohol motifs (C(OH)–C–C–N with tert-alkyl or cyclic N) is 1. The van der Waals surface area contributed by atoms with E-state index in [-0.39, 0.29) is 24.8 Å². The third-order valence-electron chi connectivity index (χ3n) is 4.50. The van der Waals surface area contributed by atoms with E-state index in [1.165, 1.54) is 6.08 Å². The van der Waals surface area contributed by atoms with Gasteiger partial charge in [-0.2, -0.15) is 0 Å². The summed E-state index contributed by atoms with van der Waals surface area (Å²) in [6.45, 7) is 3.62. The van der Waals surface area contributed by atoms with Crippen molar-refractivity contribution in [3.8, 4) is 0 Å². The summed E-state index contributed by atoms with van der Waals surface area (Å²) < 4.78 is 0. The molecule has 2 aromatic rings. The second-order valence-electron chi connectivity index (χ2n) is 6.54. The summed E-state index contributed by atoms with van der Waals surface area (Å²) in [5, 5.41) is 14.7. The van der Waals surface area contributed by atoms with E-state index >= 15 is 0 Å². The monoisotopic (exact) mass is 379 g/mol. The molecule has 0 saturated heterocycles. The Labute approximate surface area is 162 Å². The van der Waals surface area contributed by atoms with Crippen molar-refractivity contribution < 1.29 is 19.5 Å². The first-order valence-corrected chi connectivity index (χ1v) is 8.83. The minimum atomic E-state index is -0.510. The van der Waals surface area contributed by atoms with E-state index in [4.69, 9.17) is 5.11 Å². The van der Waals surface area contributed by atoms with Gasteiger partial charge in [0, 0.05) is 23.0 Å². The van der Waals surface area contributed by atoms with Gasteiger partial charge in [-0.15, -0.1) is 0 Å². The van der Waals surface area contributed by atoms with E-state index in [2.05, 4.69) is 10.6 Å². The Kier molecular flexibility index (Phi) is 5.56. The van der Waals surface area contributed by atoms with Crippen LogP contribution in [0.4, 0.5) is 11.4 Å². The first-order valence-electron chi connectivity index (χ1n) is 8.83. The third-order valence-corrected chi connectivity index (χ3v) is 4.50. The molecule has 7 heteroatoms. The molecule has 0 aliphatic carbocycles. The number of nitrogens with one attached hydrogen (secondary N) is 2. The molecule has 144 valence electrons. The predicted molar refractivity (Wildman–Crippen MR) is 106 cm³/mol. The van der Waals surface area contributed by atoms with Gasteiger partial charge in [0.1, 0.15) is 5.70 Å². The zero-order valence-corrected chi connectivity index (χ0v) is 15.7. The number of hydrogen-bond donors (Lipinski definition) is 3. The quantitative estimate of drug-likeness (QED) is 0.669. The van der Waals surface area contributed by atoms with Gasteiger partial charge in [0.25, 0.3) is 17.7 Å². The molecule has 3 amide bonds. The molecular weight excluding hydrogens is 358 g/mol. The van der Waals surface area contributed by atoms with Gasteiger partial charge in [-0.05, 0) is 55.3 Å². The Hall–Kier alpha value is -3.45. The third kappa shape index (κ3) is 4.10. The number of carbonyl (C=O) groups is 3. The van der Waals surface area contributed by atoms with Crippen LogP contribution < -0.4 is 10.6 Å². The van der Waals surface area contributed by atoms with Crippen molar-refractivity contribution in [3.05, 3.63) is 70.9 Å². The maximum absolute atomic E-state index is 12.5. The fourth-order valence-corrected chi connectivity index (χ4v) is 2.83. The Morgan fingerprint density at radius 3 is 2.54 bits per heavy atom. The van der Waals surface area contributed by atoms with Crippen molar-refractivity contribution in [3.63, 3.8) is 0 Å². The molecule has 0 fully saturated rings. The zero-order chi connectivity index (χ0) is 20.3. The largest absolute Gasteiger partial charge is 0.395 e. The maximum Gasteiger partial charge on any atom is 0.277 e. The Bertz CT molecular complexity index is 981. The smallest absolute Gasteiger partial charge is 0.277 e. The maximum atomic E-state index is 12.5. The molecule has 1 aliphatic heterocycles. The van der Waals surface area contributed by atoms with Crippen LogP contribution in [0, 0.1) is 13.8 Å². The molecule has 1 heterocycles. The van der Waals surface area contributed by atoms with Crippen molar-refractivity contribution >= 4 is 29.1 Å². The molecule has 0 saturated carbocycles. The average Bonchev–Trinajstić information content (AvgIpc) is 2.93. The summed E-state index contributed by atoms with van der Waals surface area (Å²) in [6, 6.07) is 12.3. The fourth-order valence-electron chi connectivity index (χ4n) is 2.83. The van der Waals surface area contributed by atoms with Crippen molar-refractivity contribution in [1.82, 2.24) is 4.90 Å². The molecule has 0 bridgehead atoms. The highest BCUT2D eigenvalue weighted by atomic mass is 16.3. The van der Waals surface area contributed by atoms with E-state index in [9.17, 15) is 14.4 Å². The number of benzene rings is 2. The average molecular weight is 379 g/mol. The lowest BCUT2D eigenvalue weighted by Crippen LogP contribution is -2.34. The molecule has 0 unspecified atom stereocenters. The predicted octanol–water partition coefficient (Wildman–Crippen LogP) is 2.21. The lowest BCUT2D eigenvalue weighted by Gasteiger charge is -2.14. The molecule has 3 rings (SSSR count). The minimum absolute atomic E-state index is 0.0578. The number of carbonyl (C=O) groups excluding carboxylic acids is 3. The van der Waals surface area contributed by atoms with Crippen LogP contribution in [0.15, 0.2) is 54.2 Å². The number of imide groups is 1. The van der Waals surface area contributed by atoms with Crippen LogP contribution in [-0.2, 0) is 9.59 Å². The number of aliphatic hydroxyl groups is 1. The summed E-state index contributed by atoms with van der Waals surface area (Å²) in [6.07, 6.45) is 1.18. The van der Waals surface area contributed by atoms with Gasteiger partial charge in [0.15, 0.2) is 0 Å². The highest BCUT2D eigenvalue weighted by Crippen LogP contribution is 2.20. The normalized spacial score (nSPS) is 13.5. The van der Waals surface area contributed by atoms with Crippen LogP contribution in [0.1, 0.15) is 21.5 Å². The second-order valence-corrected chi connectivity index (χ2v) is 6.54. The SMILES string of the molecule is Cc1ccc(NC(=O)c2cccc(NC3=CC(=O)N(CCO)C3=O)c2)cc1C. The number of anilines is 2. The molecule has 3 N–H and O–H groups in total. The van der Waals surface area contributed by atoms with Crippen LogP contribution in [0.25, 0.3) is 0 Å². The summed E-state index contributed by atoms with van der Waals surface area (Å²) in [5.74, 6) is -1.27. The lowest BCUT2D eigenvalue weighted by atomic mass is 10.1. The number of amides is 3. The fraction of sp³-hybridized carbons (Fsp3) is 0.190.